The molecule has 0 aliphatic heterocycles. The Morgan fingerprint density at radius 2 is 2.00 bits per heavy atom. The van der Waals surface area contributed by atoms with E-state index in [0.717, 1.165) is 12.0 Å². The molecule has 6 heteroatoms. The first-order valence-corrected chi connectivity index (χ1v) is 5.75. The maximum absolute atomic E-state index is 10.8. The number of hydrogen-bond acceptors (Lipinski definition) is 3. The zero-order valence-electron chi connectivity index (χ0n) is 7.90. The molecule has 1 aromatic carbocycles. The van der Waals surface area contributed by atoms with Crippen molar-refractivity contribution in [3.05, 3.63) is 23.8 Å². The second kappa shape index (κ2) is 5.57. The van der Waals surface area contributed by atoms with Crippen molar-refractivity contribution in [3.63, 3.8) is 0 Å². The summed E-state index contributed by atoms with van der Waals surface area (Å²) in [5.74, 6) is 0. The van der Waals surface area contributed by atoms with Crippen LogP contribution in [-0.2, 0) is 16.5 Å². The third kappa shape index (κ3) is 3.88. The number of benzene rings is 1. The van der Waals surface area contributed by atoms with Crippen molar-refractivity contribution in [2.75, 3.05) is 5.73 Å². The summed E-state index contributed by atoms with van der Waals surface area (Å²) in [6.45, 7) is 1.97. The second-order valence-corrected chi connectivity index (χ2v) is 4.51. The van der Waals surface area contributed by atoms with Crippen molar-refractivity contribution < 1.29 is 13.0 Å². The molecule has 0 atom stereocenters. The van der Waals surface area contributed by atoms with Gasteiger partial charge in [-0.2, -0.15) is 8.42 Å². The quantitative estimate of drug-likeness (QED) is 0.451. The summed E-state index contributed by atoms with van der Waals surface area (Å²) in [7, 11) is -4.12. The van der Waals surface area contributed by atoms with Crippen molar-refractivity contribution in [1.82, 2.24) is 0 Å². The standard InChI is InChI=1S/C9H13NO3S.Li.H/c1-2-3-7-6-8(14(11,12)13)4-5-9(7)10;;/h4-6H,2-3,10H2,1H3,(H,11,12,13);;. The maximum atomic E-state index is 10.8. The molecule has 0 radical (unpaired) electrons. The van der Waals surface area contributed by atoms with Crippen molar-refractivity contribution in [2.24, 2.45) is 0 Å². The zero-order chi connectivity index (χ0) is 10.8. The van der Waals surface area contributed by atoms with E-state index in [4.69, 9.17) is 10.3 Å². The fraction of sp³-hybridized carbons (Fsp3) is 0.333. The van der Waals surface area contributed by atoms with Crippen LogP contribution in [0.4, 0.5) is 5.69 Å². The van der Waals surface area contributed by atoms with Crippen LogP contribution < -0.4 is 5.73 Å². The number of nitrogens with two attached hydrogens (primary N) is 1. The van der Waals surface area contributed by atoms with Gasteiger partial charge in [-0.15, -0.1) is 0 Å². The fourth-order valence-electron chi connectivity index (χ4n) is 1.23. The van der Waals surface area contributed by atoms with Gasteiger partial charge in [0, 0.05) is 5.69 Å². The number of hydrogen-bond donors (Lipinski definition) is 2. The van der Waals surface area contributed by atoms with Crippen molar-refractivity contribution in [3.8, 4) is 0 Å². The van der Waals surface area contributed by atoms with Crippen LogP contribution >= 0.6 is 0 Å². The van der Waals surface area contributed by atoms with Gasteiger partial charge >= 0.3 is 18.9 Å². The van der Waals surface area contributed by atoms with Crippen LogP contribution in [0.25, 0.3) is 0 Å². The molecule has 0 aromatic heterocycles. The van der Waals surface area contributed by atoms with Crippen LogP contribution in [0.3, 0.4) is 0 Å². The van der Waals surface area contributed by atoms with Crippen LogP contribution in [0.15, 0.2) is 23.1 Å². The Hall–Kier alpha value is -0.473. The van der Waals surface area contributed by atoms with E-state index in [-0.39, 0.29) is 23.8 Å². The van der Waals surface area contributed by atoms with Gasteiger partial charge in [0.15, 0.2) is 0 Å². The Balaban J connectivity index is 0.00000196. The van der Waals surface area contributed by atoms with Gasteiger partial charge in [-0.3, -0.25) is 4.55 Å². The Morgan fingerprint density at radius 3 is 2.47 bits per heavy atom. The van der Waals surface area contributed by atoms with Crippen LogP contribution in [0.2, 0.25) is 0 Å². The average Bonchev–Trinajstić information content (AvgIpc) is 2.07. The number of aryl methyl sites for hydroxylation is 1. The first-order valence-electron chi connectivity index (χ1n) is 4.31. The van der Waals surface area contributed by atoms with Crippen LogP contribution in [0.5, 0.6) is 0 Å². The number of anilines is 1. The Kier molecular flexibility index (Phi) is 5.39. The average molecular weight is 223 g/mol. The molecule has 0 amide bonds. The van der Waals surface area contributed by atoms with Gasteiger partial charge in [-0.1, -0.05) is 13.3 Å². The molecule has 0 heterocycles. The molecule has 15 heavy (non-hydrogen) atoms. The van der Waals surface area contributed by atoms with E-state index in [9.17, 15) is 8.42 Å². The van der Waals surface area contributed by atoms with Gasteiger partial charge in [0.05, 0.1) is 4.90 Å². The van der Waals surface area contributed by atoms with Crippen molar-refractivity contribution in [2.45, 2.75) is 24.7 Å². The molecule has 0 saturated heterocycles. The molecule has 4 nitrogen and oxygen atoms in total. The van der Waals surface area contributed by atoms with Gasteiger partial charge in [-0.25, -0.2) is 0 Å². The molecule has 3 N–H and O–H groups in total. The Labute approximate surface area is 102 Å². The molecular weight excluding hydrogens is 209 g/mol. The van der Waals surface area contributed by atoms with Gasteiger partial charge in [-0.05, 0) is 30.2 Å². The molecule has 0 aliphatic carbocycles. The topological polar surface area (TPSA) is 80.4 Å². The summed E-state index contributed by atoms with van der Waals surface area (Å²) in [6, 6.07) is 4.20. The van der Waals surface area contributed by atoms with E-state index < -0.39 is 10.1 Å². The van der Waals surface area contributed by atoms with Crippen LogP contribution in [0.1, 0.15) is 18.9 Å². The molecule has 0 saturated carbocycles. The molecule has 0 aliphatic rings. The summed E-state index contributed by atoms with van der Waals surface area (Å²) < 4.78 is 30.4. The van der Waals surface area contributed by atoms with Gasteiger partial charge in [0.1, 0.15) is 0 Å². The summed E-state index contributed by atoms with van der Waals surface area (Å²) >= 11 is 0. The first-order chi connectivity index (χ1) is 6.45. The Morgan fingerprint density at radius 1 is 1.40 bits per heavy atom. The van der Waals surface area contributed by atoms with Crippen LogP contribution in [-0.4, -0.2) is 31.8 Å². The number of nitrogen functional groups attached to an aromatic ring is 1. The van der Waals surface area contributed by atoms with E-state index >= 15 is 0 Å². The third-order valence-electron chi connectivity index (χ3n) is 1.93. The van der Waals surface area contributed by atoms with E-state index in [1.165, 1.54) is 18.2 Å². The van der Waals surface area contributed by atoms with E-state index in [2.05, 4.69) is 0 Å². The summed E-state index contributed by atoms with van der Waals surface area (Å²) in [5.41, 5.74) is 6.95. The van der Waals surface area contributed by atoms with E-state index in [0.29, 0.717) is 12.1 Å². The molecule has 0 spiro atoms. The molecule has 80 valence electrons. The molecule has 0 fully saturated rings. The van der Waals surface area contributed by atoms with Crippen LogP contribution in [0, 0.1) is 0 Å². The number of rotatable bonds is 3. The minimum atomic E-state index is -4.12. The first kappa shape index (κ1) is 14.5. The SMILES string of the molecule is CCCc1cc(S(=O)(=O)O)ccc1N.[LiH]. The zero-order valence-corrected chi connectivity index (χ0v) is 8.71. The molecule has 1 rings (SSSR count). The van der Waals surface area contributed by atoms with E-state index in [1.54, 1.807) is 0 Å². The summed E-state index contributed by atoms with van der Waals surface area (Å²) in [6.07, 6.45) is 1.58. The monoisotopic (exact) mass is 223 g/mol. The van der Waals surface area contributed by atoms with Gasteiger partial charge in [0.2, 0.25) is 0 Å². The predicted molar refractivity (Wildman–Crippen MR) is 61.8 cm³/mol. The van der Waals surface area contributed by atoms with Crippen molar-refractivity contribution >= 4 is 34.7 Å². The van der Waals surface area contributed by atoms with E-state index in [1.807, 2.05) is 6.92 Å². The molecule has 0 unspecified atom stereocenters. The molecular formula is C9H14LiNO3S. The second-order valence-electron chi connectivity index (χ2n) is 3.09. The minimum absolute atomic E-state index is 0. The predicted octanol–water partition coefficient (Wildman–Crippen LogP) is 0.820. The summed E-state index contributed by atoms with van der Waals surface area (Å²) in [5, 5.41) is 0. The molecule has 0 bridgehead atoms. The van der Waals surface area contributed by atoms with Gasteiger partial charge < -0.3 is 5.73 Å². The van der Waals surface area contributed by atoms with Gasteiger partial charge in [0.25, 0.3) is 10.1 Å². The fourth-order valence-corrected chi connectivity index (χ4v) is 1.76. The van der Waals surface area contributed by atoms with Crippen molar-refractivity contribution in [1.29, 1.82) is 0 Å². The summed E-state index contributed by atoms with van der Waals surface area (Å²) in [4.78, 5) is -0.102. The Bertz CT molecular complexity index is 431. The third-order valence-corrected chi connectivity index (χ3v) is 2.78. The normalized spacial score (nSPS) is 10.8. The molecule has 1 aromatic rings.